The molecule has 3 rings (SSSR count). The van der Waals surface area contributed by atoms with Crippen LogP contribution in [0.5, 0.6) is 0 Å². The number of amides is 1. The van der Waals surface area contributed by atoms with Gasteiger partial charge < -0.3 is 9.15 Å². The number of furan rings is 1. The van der Waals surface area contributed by atoms with Gasteiger partial charge in [-0.15, -0.1) is 0 Å². The molecule has 0 spiro atoms. The molecule has 2 aromatic rings. The Balaban J connectivity index is 1.79. The van der Waals surface area contributed by atoms with Crippen LogP contribution in [0.4, 0.5) is 0 Å². The molecule has 7 heteroatoms. The molecule has 1 saturated heterocycles. The molecule has 134 valence electrons. The Kier molecular flexibility index (Phi) is 5.27. The van der Waals surface area contributed by atoms with Crippen LogP contribution in [0.2, 0.25) is 0 Å². The van der Waals surface area contributed by atoms with Gasteiger partial charge in [-0.1, -0.05) is 12.1 Å². The first-order valence-electron chi connectivity index (χ1n) is 8.05. The number of hydrogen-bond donors (Lipinski definition) is 0. The zero-order valence-electron chi connectivity index (χ0n) is 14.7. The maximum absolute atomic E-state index is 12.2. The highest BCUT2D eigenvalue weighted by Gasteiger charge is 2.30. The molecular formula is C19H18N2O4S. The van der Waals surface area contributed by atoms with Crippen LogP contribution in [-0.4, -0.2) is 42.6 Å². The number of hydrogen-bond acceptors (Lipinski definition) is 6. The average Bonchev–Trinajstić information content (AvgIpc) is 3.22. The fourth-order valence-corrected chi connectivity index (χ4v) is 3.36. The van der Waals surface area contributed by atoms with E-state index in [4.69, 9.17) is 9.15 Å². The number of carbonyl (C=O) groups excluding carboxylic acids is 2. The van der Waals surface area contributed by atoms with E-state index in [-0.39, 0.29) is 11.9 Å². The van der Waals surface area contributed by atoms with Crippen molar-refractivity contribution in [1.82, 2.24) is 4.90 Å². The zero-order valence-corrected chi connectivity index (χ0v) is 15.5. The first-order chi connectivity index (χ1) is 12.5. The minimum Gasteiger partial charge on any atom is -0.462 e. The highest BCUT2D eigenvalue weighted by atomic mass is 32.2. The van der Waals surface area contributed by atoms with Gasteiger partial charge in [-0.25, -0.2) is 4.79 Å². The third kappa shape index (κ3) is 3.57. The van der Waals surface area contributed by atoms with Gasteiger partial charge in [0.15, 0.2) is 5.17 Å². The van der Waals surface area contributed by atoms with Crippen molar-refractivity contribution >= 4 is 34.9 Å². The highest BCUT2D eigenvalue weighted by molar-refractivity contribution is 8.18. The molecule has 1 fully saturated rings. The minimum absolute atomic E-state index is 0.104. The van der Waals surface area contributed by atoms with E-state index in [0.717, 1.165) is 5.56 Å². The smallest absolute Gasteiger partial charge is 0.338 e. The van der Waals surface area contributed by atoms with E-state index in [1.165, 1.54) is 16.7 Å². The van der Waals surface area contributed by atoms with Crippen LogP contribution in [0, 0.1) is 0 Å². The molecule has 0 radical (unpaired) electrons. The summed E-state index contributed by atoms with van der Waals surface area (Å²) in [6.45, 7) is 2.11. The number of benzene rings is 1. The van der Waals surface area contributed by atoms with E-state index < -0.39 is 0 Å². The number of nitrogens with zero attached hydrogens (tertiary/aromatic N) is 2. The van der Waals surface area contributed by atoms with Crippen LogP contribution in [0.25, 0.3) is 17.4 Å². The molecule has 0 bridgehead atoms. The highest BCUT2D eigenvalue weighted by Crippen LogP contribution is 2.32. The van der Waals surface area contributed by atoms with Crippen LogP contribution in [0.1, 0.15) is 23.0 Å². The van der Waals surface area contributed by atoms with Crippen LogP contribution < -0.4 is 0 Å². The molecule has 1 amide bonds. The molecule has 1 aliphatic rings. The number of likely N-dealkylation sites (N-methyl/N-ethyl adjacent to an activating group) is 1. The van der Waals surface area contributed by atoms with Gasteiger partial charge in [0.2, 0.25) is 0 Å². The molecule has 1 aromatic heterocycles. The lowest BCUT2D eigenvalue weighted by Crippen LogP contribution is -2.23. The lowest BCUT2D eigenvalue weighted by molar-refractivity contribution is -0.121. The molecule has 0 atom stereocenters. The fourth-order valence-electron chi connectivity index (χ4n) is 2.45. The van der Waals surface area contributed by atoms with Crippen LogP contribution in [0.15, 0.2) is 50.7 Å². The van der Waals surface area contributed by atoms with Gasteiger partial charge in [0.05, 0.1) is 17.1 Å². The lowest BCUT2D eigenvalue weighted by Gasteiger charge is -2.04. The summed E-state index contributed by atoms with van der Waals surface area (Å²) in [6.07, 6.45) is 1.71. The number of amidine groups is 1. The van der Waals surface area contributed by atoms with E-state index in [1.807, 2.05) is 6.07 Å². The van der Waals surface area contributed by atoms with Crippen molar-refractivity contribution in [2.24, 2.45) is 4.99 Å². The topological polar surface area (TPSA) is 72.1 Å². The molecule has 0 N–H and O–H groups in total. The van der Waals surface area contributed by atoms with E-state index in [2.05, 4.69) is 4.99 Å². The molecule has 26 heavy (non-hydrogen) atoms. The number of rotatable bonds is 4. The molecule has 0 saturated carbocycles. The molecule has 1 aromatic carbocycles. The Morgan fingerprint density at radius 2 is 2.00 bits per heavy atom. The Morgan fingerprint density at radius 1 is 1.27 bits per heavy atom. The number of thioether (sulfide) groups is 1. The van der Waals surface area contributed by atoms with Crippen molar-refractivity contribution in [2.75, 3.05) is 20.7 Å². The van der Waals surface area contributed by atoms with Gasteiger partial charge >= 0.3 is 5.97 Å². The third-order valence-electron chi connectivity index (χ3n) is 3.78. The second-order valence-electron chi connectivity index (χ2n) is 5.48. The second kappa shape index (κ2) is 7.61. The molecule has 0 aliphatic carbocycles. The predicted molar refractivity (Wildman–Crippen MR) is 102 cm³/mol. The fraction of sp³-hybridized carbons (Fsp3) is 0.211. The Labute approximate surface area is 155 Å². The second-order valence-corrected chi connectivity index (χ2v) is 6.49. The summed E-state index contributed by atoms with van der Waals surface area (Å²) in [5.74, 6) is 0.780. The standard InChI is InChI=1S/C19H18N2O4S/c1-4-24-18(23)13-7-5-12(6-8-13)15-10-9-14(25-15)11-16-17(22)21(3)19(20-2)26-16/h5-11H,4H2,1-3H3. The van der Waals surface area contributed by atoms with E-state index >= 15 is 0 Å². The summed E-state index contributed by atoms with van der Waals surface area (Å²) in [5, 5.41) is 0.655. The van der Waals surface area contributed by atoms with Gasteiger partial charge in [0, 0.05) is 25.7 Å². The van der Waals surface area contributed by atoms with Crippen molar-refractivity contribution in [2.45, 2.75) is 6.92 Å². The van der Waals surface area contributed by atoms with Gasteiger partial charge in [-0.05, 0) is 43.0 Å². The monoisotopic (exact) mass is 370 g/mol. The number of ether oxygens (including phenoxy) is 1. The predicted octanol–water partition coefficient (Wildman–Crippen LogP) is 3.66. The average molecular weight is 370 g/mol. The van der Waals surface area contributed by atoms with Crippen LogP contribution in [-0.2, 0) is 9.53 Å². The van der Waals surface area contributed by atoms with Crippen molar-refractivity contribution in [1.29, 1.82) is 0 Å². The van der Waals surface area contributed by atoms with Crippen molar-refractivity contribution in [3.63, 3.8) is 0 Å². The first-order valence-corrected chi connectivity index (χ1v) is 8.87. The quantitative estimate of drug-likeness (QED) is 0.607. The maximum atomic E-state index is 12.2. The first kappa shape index (κ1) is 18.0. The number of aliphatic imine (C=N–C) groups is 1. The van der Waals surface area contributed by atoms with Crippen LogP contribution >= 0.6 is 11.8 Å². The molecule has 0 unspecified atom stereocenters. The number of carbonyl (C=O) groups is 2. The lowest BCUT2D eigenvalue weighted by atomic mass is 10.1. The summed E-state index contributed by atoms with van der Waals surface area (Å²) in [7, 11) is 3.34. The SMILES string of the molecule is CCOC(=O)c1ccc(-c2ccc(C=C3SC(=NC)N(C)C3=O)o2)cc1. The van der Waals surface area contributed by atoms with Crippen LogP contribution in [0.3, 0.4) is 0 Å². The molecule has 2 heterocycles. The van der Waals surface area contributed by atoms with Gasteiger partial charge in [-0.2, -0.15) is 0 Å². The molecule has 6 nitrogen and oxygen atoms in total. The summed E-state index contributed by atoms with van der Waals surface area (Å²) < 4.78 is 10.8. The van der Waals surface area contributed by atoms with Crippen molar-refractivity contribution < 1.29 is 18.7 Å². The van der Waals surface area contributed by atoms with Gasteiger partial charge in [-0.3, -0.25) is 14.7 Å². The summed E-state index contributed by atoms with van der Waals surface area (Å²) in [6, 6.07) is 10.6. The summed E-state index contributed by atoms with van der Waals surface area (Å²) >= 11 is 1.31. The third-order valence-corrected chi connectivity index (χ3v) is 4.93. The van der Waals surface area contributed by atoms with Crippen molar-refractivity contribution in [3.05, 3.63) is 52.6 Å². The normalized spacial score (nSPS) is 17.3. The molecular weight excluding hydrogens is 352 g/mol. The molecule has 1 aliphatic heterocycles. The summed E-state index contributed by atoms with van der Waals surface area (Å²) in [5.41, 5.74) is 1.33. The largest absolute Gasteiger partial charge is 0.462 e. The van der Waals surface area contributed by atoms with Crippen molar-refractivity contribution in [3.8, 4) is 11.3 Å². The van der Waals surface area contributed by atoms with E-state index in [0.29, 0.717) is 33.8 Å². The Bertz CT molecular complexity index is 897. The Morgan fingerprint density at radius 3 is 2.62 bits per heavy atom. The number of esters is 1. The maximum Gasteiger partial charge on any atom is 0.338 e. The van der Waals surface area contributed by atoms with Gasteiger partial charge in [0.1, 0.15) is 11.5 Å². The van der Waals surface area contributed by atoms with E-state index in [9.17, 15) is 9.59 Å². The minimum atomic E-state index is -0.349. The Hall–Kier alpha value is -2.80. The zero-order chi connectivity index (χ0) is 18.7. The van der Waals surface area contributed by atoms with Gasteiger partial charge in [0.25, 0.3) is 5.91 Å². The summed E-state index contributed by atoms with van der Waals surface area (Å²) in [4.78, 5) is 30.0. The van der Waals surface area contributed by atoms with E-state index in [1.54, 1.807) is 57.4 Å².